The number of aromatic amines is 1. The number of hydrogen-bond donors (Lipinski definition) is 3. The third kappa shape index (κ3) is 4.00. The molecule has 1 atom stereocenters. The summed E-state index contributed by atoms with van der Waals surface area (Å²) < 4.78 is 0. The third-order valence-electron chi connectivity index (χ3n) is 2.35. The Balaban J connectivity index is 2.68. The van der Waals surface area contributed by atoms with Crippen LogP contribution in [0.25, 0.3) is 0 Å². The van der Waals surface area contributed by atoms with Gasteiger partial charge in [-0.3, -0.25) is 9.59 Å². The maximum absolute atomic E-state index is 11.7. The molecule has 0 aliphatic heterocycles. The van der Waals surface area contributed by atoms with E-state index in [0.29, 0.717) is 12.8 Å². The molecular formula is C11H15N3O4. The Kier molecular flexibility index (Phi) is 5.04. The summed E-state index contributed by atoms with van der Waals surface area (Å²) in [6, 6.07) is -0.939. The normalized spacial score (nSPS) is 11.8. The zero-order valence-electron chi connectivity index (χ0n) is 9.97. The van der Waals surface area contributed by atoms with Crippen molar-refractivity contribution >= 4 is 11.9 Å². The van der Waals surface area contributed by atoms with Crippen LogP contribution >= 0.6 is 0 Å². The predicted molar refractivity (Wildman–Crippen MR) is 63.3 cm³/mol. The molecule has 0 bridgehead atoms. The monoisotopic (exact) mass is 253 g/mol. The topological polar surface area (TPSA) is 112 Å². The number of nitrogens with one attached hydrogen (secondary N) is 2. The Labute approximate surface area is 103 Å². The summed E-state index contributed by atoms with van der Waals surface area (Å²) in [4.78, 5) is 39.3. The maximum Gasteiger partial charge on any atom is 0.326 e. The Morgan fingerprint density at radius 1 is 1.56 bits per heavy atom. The SMILES string of the molecule is CCCC[C@H](NC(=O)c1c[nH]c(=O)cn1)C(=O)O. The molecule has 1 rings (SSSR count). The lowest BCUT2D eigenvalue weighted by molar-refractivity contribution is -0.139. The van der Waals surface area contributed by atoms with Crippen molar-refractivity contribution in [2.45, 2.75) is 32.2 Å². The fourth-order valence-corrected chi connectivity index (χ4v) is 1.36. The van der Waals surface area contributed by atoms with Crippen molar-refractivity contribution in [2.75, 3.05) is 0 Å². The maximum atomic E-state index is 11.7. The van der Waals surface area contributed by atoms with Crippen molar-refractivity contribution < 1.29 is 14.7 Å². The van der Waals surface area contributed by atoms with Crippen LogP contribution in [0.1, 0.15) is 36.7 Å². The van der Waals surface area contributed by atoms with Gasteiger partial charge in [0.15, 0.2) is 0 Å². The molecule has 1 aromatic rings. The van der Waals surface area contributed by atoms with Crippen molar-refractivity contribution in [3.63, 3.8) is 0 Å². The van der Waals surface area contributed by atoms with Crippen molar-refractivity contribution in [1.82, 2.24) is 15.3 Å². The van der Waals surface area contributed by atoms with E-state index in [-0.39, 0.29) is 5.69 Å². The Morgan fingerprint density at radius 3 is 2.78 bits per heavy atom. The molecule has 98 valence electrons. The lowest BCUT2D eigenvalue weighted by Gasteiger charge is -2.13. The predicted octanol–water partition coefficient (Wildman–Crippen LogP) is 0.143. The zero-order valence-corrected chi connectivity index (χ0v) is 9.97. The number of aromatic nitrogens is 2. The second-order valence-electron chi connectivity index (χ2n) is 3.80. The van der Waals surface area contributed by atoms with Crippen LogP contribution in [0, 0.1) is 0 Å². The van der Waals surface area contributed by atoms with Gasteiger partial charge < -0.3 is 15.4 Å². The van der Waals surface area contributed by atoms with Gasteiger partial charge in [-0.1, -0.05) is 19.8 Å². The number of carbonyl (C=O) groups is 2. The number of unbranched alkanes of at least 4 members (excludes halogenated alkanes) is 1. The van der Waals surface area contributed by atoms with Crippen molar-refractivity contribution in [3.8, 4) is 0 Å². The van der Waals surface area contributed by atoms with Gasteiger partial charge in [0.2, 0.25) is 0 Å². The molecule has 3 N–H and O–H groups in total. The van der Waals surface area contributed by atoms with Crippen LogP contribution in [-0.2, 0) is 4.79 Å². The van der Waals surface area contributed by atoms with Crippen LogP contribution in [0.2, 0.25) is 0 Å². The van der Waals surface area contributed by atoms with E-state index >= 15 is 0 Å². The number of rotatable bonds is 6. The van der Waals surface area contributed by atoms with Crippen LogP contribution in [-0.4, -0.2) is 33.0 Å². The highest BCUT2D eigenvalue weighted by atomic mass is 16.4. The van der Waals surface area contributed by atoms with E-state index in [1.54, 1.807) is 0 Å². The summed E-state index contributed by atoms with van der Waals surface area (Å²) >= 11 is 0. The molecule has 1 heterocycles. The van der Waals surface area contributed by atoms with E-state index in [2.05, 4.69) is 15.3 Å². The van der Waals surface area contributed by atoms with Crippen molar-refractivity contribution in [1.29, 1.82) is 0 Å². The molecule has 0 spiro atoms. The molecule has 0 aromatic carbocycles. The number of hydrogen-bond acceptors (Lipinski definition) is 4. The molecule has 7 heteroatoms. The standard InChI is InChI=1S/C11H15N3O4/c1-2-3-4-7(11(17)18)14-10(16)8-5-13-9(15)6-12-8/h5-7H,2-4H2,1H3,(H,13,15)(H,14,16)(H,17,18)/t7-/m0/s1. The second-order valence-corrected chi connectivity index (χ2v) is 3.80. The van der Waals surface area contributed by atoms with Gasteiger partial charge in [-0.05, 0) is 6.42 Å². The quantitative estimate of drug-likeness (QED) is 0.667. The zero-order chi connectivity index (χ0) is 13.5. The van der Waals surface area contributed by atoms with Crippen LogP contribution in [0.5, 0.6) is 0 Å². The largest absolute Gasteiger partial charge is 0.480 e. The molecular weight excluding hydrogens is 238 g/mol. The van der Waals surface area contributed by atoms with Crippen LogP contribution < -0.4 is 10.9 Å². The highest BCUT2D eigenvalue weighted by molar-refractivity contribution is 5.94. The molecule has 0 saturated heterocycles. The number of H-pyrrole nitrogens is 1. The van der Waals surface area contributed by atoms with Crippen molar-refractivity contribution in [2.24, 2.45) is 0 Å². The lowest BCUT2D eigenvalue weighted by Crippen LogP contribution is -2.41. The minimum absolute atomic E-state index is 0.0163. The first-order valence-electron chi connectivity index (χ1n) is 5.63. The minimum Gasteiger partial charge on any atom is -0.480 e. The number of aliphatic carboxylic acids is 1. The van der Waals surface area contributed by atoms with Gasteiger partial charge in [0.05, 0.1) is 6.20 Å². The molecule has 0 saturated carbocycles. The first kappa shape index (κ1) is 13.9. The first-order chi connectivity index (χ1) is 8.54. The highest BCUT2D eigenvalue weighted by Crippen LogP contribution is 2.02. The number of carbonyl (C=O) groups excluding carboxylic acids is 1. The number of carboxylic acid groups (broad SMARTS) is 1. The second kappa shape index (κ2) is 6.53. The molecule has 1 aromatic heterocycles. The molecule has 0 fully saturated rings. The molecule has 0 aliphatic rings. The van der Waals surface area contributed by atoms with E-state index in [1.165, 1.54) is 0 Å². The summed E-state index contributed by atoms with van der Waals surface area (Å²) in [5.41, 5.74) is -0.440. The first-order valence-corrected chi connectivity index (χ1v) is 5.63. The van der Waals surface area contributed by atoms with Gasteiger partial charge in [0.25, 0.3) is 11.5 Å². The molecule has 0 unspecified atom stereocenters. The van der Waals surface area contributed by atoms with E-state index in [0.717, 1.165) is 18.8 Å². The fourth-order valence-electron chi connectivity index (χ4n) is 1.36. The Hall–Kier alpha value is -2.18. The third-order valence-corrected chi connectivity index (χ3v) is 2.35. The van der Waals surface area contributed by atoms with Crippen LogP contribution in [0.3, 0.4) is 0 Å². The molecule has 0 radical (unpaired) electrons. The summed E-state index contributed by atoms with van der Waals surface area (Å²) in [7, 11) is 0. The molecule has 18 heavy (non-hydrogen) atoms. The van der Waals surface area contributed by atoms with Gasteiger partial charge >= 0.3 is 5.97 Å². The van der Waals surface area contributed by atoms with E-state index < -0.39 is 23.5 Å². The van der Waals surface area contributed by atoms with Gasteiger partial charge in [-0.2, -0.15) is 0 Å². The molecule has 1 amide bonds. The van der Waals surface area contributed by atoms with Crippen LogP contribution in [0.15, 0.2) is 17.2 Å². The van der Waals surface area contributed by atoms with Crippen LogP contribution in [0.4, 0.5) is 0 Å². The number of carboxylic acids is 1. The molecule has 7 nitrogen and oxygen atoms in total. The average molecular weight is 253 g/mol. The Morgan fingerprint density at radius 2 is 2.28 bits per heavy atom. The number of nitrogens with zero attached hydrogens (tertiary/aromatic N) is 1. The number of amides is 1. The summed E-state index contributed by atoms with van der Waals surface area (Å²) in [5.74, 6) is -1.70. The Bertz CT molecular complexity index is 463. The lowest BCUT2D eigenvalue weighted by atomic mass is 10.1. The van der Waals surface area contributed by atoms with E-state index in [9.17, 15) is 14.4 Å². The highest BCUT2D eigenvalue weighted by Gasteiger charge is 2.20. The average Bonchev–Trinajstić information content (AvgIpc) is 2.34. The fraction of sp³-hybridized carbons (Fsp3) is 0.455. The van der Waals surface area contributed by atoms with E-state index in [4.69, 9.17) is 5.11 Å². The minimum atomic E-state index is -1.08. The van der Waals surface area contributed by atoms with E-state index in [1.807, 2.05) is 6.92 Å². The summed E-state index contributed by atoms with van der Waals surface area (Å²) in [6.07, 6.45) is 4.03. The summed E-state index contributed by atoms with van der Waals surface area (Å²) in [5, 5.41) is 11.3. The molecule has 0 aliphatic carbocycles. The van der Waals surface area contributed by atoms with Gasteiger partial charge in [-0.15, -0.1) is 0 Å². The van der Waals surface area contributed by atoms with Gasteiger partial charge in [0, 0.05) is 6.20 Å². The van der Waals surface area contributed by atoms with Gasteiger partial charge in [-0.25, -0.2) is 9.78 Å². The van der Waals surface area contributed by atoms with Gasteiger partial charge in [0.1, 0.15) is 11.7 Å². The summed E-state index contributed by atoms with van der Waals surface area (Å²) in [6.45, 7) is 1.93. The van der Waals surface area contributed by atoms with Crippen molar-refractivity contribution in [3.05, 3.63) is 28.4 Å². The smallest absolute Gasteiger partial charge is 0.326 e.